The Hall–Kier alpha value is -3.40. The summed E-state index contributed by atoms with van der Waals surface area (Å²) in [6.45, 7) is 0.409. The minimum absolute atomic E-state index is 0.409. The van der Waals surface area contributed by atoms with Gasteiger partial charge < -0.3 is 4.74 Å². The third kappa shape index (κ3) is 2.22. The zero-order valence-electron chi connectivity index (χ0n) is 13.5. The predicted molar refractivity (Wildman–Crippen MR) is 95.3 cm³/mol. The lowest BCUT2D eigenvalue weighted by Gasteiger charge is -2.14. The number of aromatic nitrogens is 3. The van der Waals surface area contributed by atoms with Crippen molar-refractivity contribution in [2.75, 3.05) is 0 Å². The number of fused-ring (bicyclic) bond motifs is 3. The standard InChI is InChI=1S/C21H16N3O/c1-3-9-16(10-4-1)20-22-23-15-25-19-14-8-7-13-18(19)21(23)24(20)17-11-5-2-6-12-17/h1-14H,15H2/q+1. The topological polar surface area (TPSA) is 30.9 Å². The van der Waals surface area contributed by atoms with Crippen molar-refractivity contribution in [1.29, 1.82) is 0 Å². The molecule has 0 atom stereocenters. The van der Waals surface area contributed by atoms with E-state index in [1.54, 1.807) is 0 Å². The number of benzene rings is 3. The molecule has 0 radical (unpaired) electrons. The van der Waals surface area contributed by atoms with E-state index in [2.05, 4.69) is 34.9 Å². The Kier molecular flexibility index (Phi) is 3.13. The van der Waals surface area contributed by atoms with Crippen LogP contribution in [0.15, 0.2) is 84.9 Å². The third-order valence-corrected chi connectivity index (χ3v) is 4.40. The summed E-state index contributed by atoms with van der Waals surface area (Å²) in [7, 11) is 0. The van der Waals surface area contributed by atoms with Crippen LogP contribution in [0.2, 0.25) is 0 Å². The SMILES string of the molecule is c1ccc(-c2nn3c([n+]2-c2ccccc2)-c2ccccc2OC3)cc1. The number of para-hydroxylation sites is 2. The van der Waals surface area contributed by atoms with Gasteiger partial charge in [0.2, 0.25) is 6.73 Å². The second kappa shape index (κ2) is 5.60. The van der Waals surface area contributed by atoms with Crippen LogP contribution >= 0.6 is 0 Å². The van der Waals surface area contributed by atoms with Crippen LogP contribution in [0.4, 0.5) is 0 Å². The third-order valence-electron chi connectivity index (χ3n) is 4.40. The van der Waals surface area contributed by atoms with E-state index < -0.39 is 0 Å². The molecule has 0 fully saturated rings. The molecule has 3 aromatic carbocycles. The van der Waals surface area contributed by atoms with Crippen molar-refractivity contribution >= 4 is 0 Å². The summed E-state index contributed by atoms with van der Waals surface area (Å²) in [6.07, 6.45) is 0. The highest BCUT2D eigenvalue weighted by Crippen LogP contribution is 2.33. The van der Waals surface area contributed by atoms with Gasteiger partial charge in [-0.25, -0.2) is 0 Å². The molecule has 0 aliphatic carbocycles. The van der Waals surface area contributed by atoms with Crippen molar-refractivity contribution in [3.05, 3.63) is 84.9 Å². The quantitative estimate of drug-likeness (QED) is 0.524. The van der Waals surface area contributed by atoms with Crippen molar-refractivity contribution in [2.45, 2.75) is 6.73 Å². The molecule has 2 heterocycles. The fraction of sp³-hybridized carbons (Fsp3) is 0.0476. The van der Waals surface area contributed by atoms with Gasteiger partial charge in [0.25, 0.3) is 5.82 Å². The number of hydrogen-bond donors (Lipinski definition) is 0. The molecule has 0 unspecified atom stereocenters. The van der Waals surface area contributed by atoms with E-state index in [1.165, 1.54) is 0 Å². The van der Waals surface area contributed by atoms with Gasteiger partial charge >= 0.3 is 5.82 Å². The molecule has 1 aromatic heterocycles. The van der Waals surface area contributed by atoms with Gasteiger partial charge in [-0.15, -0.1) is 0 Å². The highest BCUT2D eigenvalue weighted by atomic mass is 16.5. The summed E-state index contributed by atoms with van der Waals surface area (Å²) in [4.78, 5) is 0. The number of hydrogen-bond acceptors (Lipinski definition) is 2. The largest absolute Gasteiger partial charge is 0.457 e. The van der Waals surface area contributed by atoms with Crippen LogP contribution in [0, 0.1) is 0 Å². The van der Waals surface area contributed by atoms with E-state index in [0.29, 0.717) is 6.73 Å². The summed E-state index contributed by atoms with van der Waals surface area (Å²) in [5.41, 5.74) is 3.21. The van der Waals surface area contributed by atoms with Gasteiger partial charge in [-0.2, -0.15) is 4.57 Å². The van der Waals surface area contributed by atoms with Crippen molar-refractivity contribution < 1.29 is 9.30 Å². The predicted octanol–water partition coefficient (Wildman–Crippen LogP) is 3.84. The molecule has 0 amide bonds. The first-order valence-corrected chi connectivity index (χ1v) is 8.28. The average Bonchev–Trinajstić information content (AvgIpc) is 3.09. The minimum atomic E-state index is 0.409. The van der Waals surface area contributed by atoms with Gasteiger partial charge in [0.05, 0.1) is 16.2 Å². The van der Waals surface area contributed by atoms with Gasteiger partial charge in [0.1, 0.15) is 11.4 Å². The molecule has 120 valence electrons. The van der Waals surface area contributed by atoms with E-state index >= 15 is 0 Å². The average molecular weight is 326 g/mol. The van der Waals surface area contributed by atoms with Gasteiger partial charge in [0.15, 0.2) is 0 Å². The Labute approximate surface area is 145 Å². The Balaban J connectivity index is 1.85. The fourth-order valence-electron chi connectivity index (χ4n) is 3.28. The molecule has 1 aliphatic heterocycles. The molecule has 0 bridgehead atoms. The summed E-state index contributed by atoms with van der Waals surface area (Å²) >= 11 is 0. The van der Waals surface area contributed by atoms with E-state index in [4.69, 9.17) is 9.84 Å². The highest BCUT2D eigenvalue weighted by molar-refractivity contribution is 5.65. The smallest absolute Gasteiger partial charge is 0.314 e. The molecule has 1 aliphatic rings. The Morgan fingerprint density at radius 1 is 0.800 bits per heavy atom. The second-order valence-corrected chi connectivity index (χ2v) is 5.95. The molecular weight excluding hydrogens is 310 g/mol. The summed E-state index contributed by atoms with van der Waals surface area (Å²) in [5.74, 6) is 2.83. The molecular formula is C21H16N3O+. The minimum Gasteiger partial charge on any atom is -0.457 e. The molecule has 0 spiro atoms. The zero-order chi connectivity index (χ0) is 16.6. The molecule has 0 saturated carbocycles. The van der Waals surface area contributed by atoms with Gasteiger partial charge in [0, 0.05) is 0 Å². The molecule has 25 heavy (non-hydrogen) atoms. The van der Waals surface area contributed by atoms with Crippen LogP contribution in [0.25, 0.3) is 28.5 Å². The zero-order valence-corrected chi connectivity index (χ0v) is 13.5. The molecule has 0 saturated heterocycles. The summed E-state index contributed by atoms with van der Waals surface area (Å²) in [5, 5.41) is 4.85. The lowest BCUT2D eigenvalue weighted by Crippen LogP contribution is -2.35. The Bertz CT molecular complexity index is 1040. The van der Waals surface area contributed by atoms with Crippen LogP contribution in [0.3, 0.4) is 0 Å². The fourth-order valence-corrected chi connectivity index (χ4v) is 3.28. The molecule has 0 N–H and O–H groups in total. The summed E-state index contributed by atoms with van der Waals surface area (Å²) in [6, 6.07) is 28.7. The molecule has 5 rings (SSSR count). The van der Waals surface area contributed by atoms with Crippen LogP contribution in [-0.2, 0) is 6.73 Å². The van der Waals surface area contributed by atoms with E-state index in [0.717, 1.165) is 34.2 Å². The van der Waals surface area contributed by atoms with Gasteiger partial charge in [-0.3, -0.25) is 0 Å². The number of nitrogens with zero attached hydrogens (tertiary/aromatic N) is 3. The van der Waals surface area contributed by atoms with Gasteiger partial charge in [-0.1, -0.05) is 53.2 Å². The summed E-state index contributed by atoms with van der Waals surface area (Å²) < 4.78 is 10.0. The van der Waals surface area contributed by atoms with Gasteiger partial charge in [-0.05, 0) is 36.4 Å². The van der Waals surface area contributed by atoms with E-state index in [9.17, 15) is 0 Å². The Morgan fingerprint density at radius 2 is 1.48 bits per heavy atom. The van der Waals surface area contributed by atoms with Crippen molar-refractivity contribution in [3.8, 4) is 34.2 Å². The maximum atomic E-state index is 5.88. The van der Waals surface area contributed by atoms with Crippen LogP contribution in [0.5, 0.6) is 5.75 Å². The lowest BCUT2D eigenvalue weighted by molar-refractivity contribution is -0.573. The van der Waals surface area contributed by atoms with Crippen molar-refractivity contribution in [2.24, 2.45) is 0 Å². The Morgan fingerprint density at radius 3 is 2.28 bits per heavy atom. The monoisotopic (exact) mass is 326 g/mol. The lowest BCUT2D eigenvalue weighted by atomic mass is 10.1. The van der Waals surface area contributed by atoms with E-state index in [1.807, 2.05) is 59.3 Å². The van der Waals surface area contributed by atoms with Crippen LogP contribution in [0.1, 0.15) is 0 Å². The first-order valence-electron chi connectivity index (χ1n) is 8.28. The van der Waals surface area contributed by atoms with Crippen LogP contribution < -0.4 is 9.30 Å². The number of ether oxygens (including phenoxy) is 1. The molecule has 4 heteroatoms. The number of rotatable bonds is 2. The maximum absolute atomic E-state index is 5.88. The second-order valence-electron chi connectivity index (χ2n) is 5.95. The maximum Gasteiger partial charge on any atom is 0.314 e. The first-order chi connectivity index (χ1) is 12.4. The molecule has 4 aromatic rings. The highest BCUT2D eigenvalue weighted by Gasteiger charge is 2.34. The first kappa shape index (κ1) is 14.0. The van der Waals surface area contributed by atoms with Crippen LogP contribution in [-0.4, -0.2) is 9.78 Å². The molecule has 4 nitrogen and oxygen atoms in total. The normalized spacial score (nSPS) is 12.2. The van der Waals surface area contributed by atoms with Crippen molar-refractivity contribution in [3.63, 3.8) is 0 Å². The van der Waals surface area contributed by atoms with E-state index in [-0.39, 0.29) is 0 Å². The van der Waals surface area contributed by atoms with Crippen molar-refractivity contribution in [1.82, 2.24) is 9.78 Å².